The maximum absolute atomic E-state index is 13.4. The van der Waals surface area contributed by atoms with Crippen LogP contribution >= 0.6 is 0 Å². The standard InChI is InChI=1S/C21H22FN3O4/c1-29-21(28)18-12-13-4-2-3-5-17(13)24(18)20(27)16-10-11-19(26)25(23-16)15-8-6-14(22)7-9-15/h6-11,13,17-18H,2-5,12H2,1H3. The molecule has 2 aromatic rings. The Bertz CT molecular complexity index is 988. The molecular weight excluding hydrogens is 377 g/mol. The second-order valence-electron chi connectivity index (χ2n) is 7.54. The summed E-state index contributed by atoms with van der Waals surface area (Å²) in [4.78, 5) is 39.6. The number of halogens is 1. The normalized spacial score (nSPS) is 23.5. The van der Waals surface area contributed by atoms with Gasteiger partial charge in [-0.05, 0) is 55.5 Å². The molecule has 2 heterocycles. The van der Waals surface area contributed by atoms with Crippen LogP contribution in [0, 0.1) is 11.7 Å². The van der Waals surface area contributed by atoms with Crippen molar-refractivity contribution in [3.8, 4) is 5.69 Å². The number of amides is 1. The summed E-state index contributed by atoms with van der Waals surface area (Å²) in [7, 11) is 1.32. The van der Waals surface area contributed by atoms with Gasteiger partial charge in [-0.15, -0.1) is 0 Å². The lowest BCUT2D eigenvalue weighted by Gasteiger charge is -2.33. The van der Waals surface area contributed by atoms with Crippen LogP contribution in [0.5, 0.6) is 0 Å². The fourth-order valence-electron chi connectivity index (χ4n) is 4.52. The minimum absolute atomic E-state index is 0.0339. The molecule has 1 aromatic heterocycles. The lowest BCUT2D eigenvalue weighted by molar-refractivity contribution is -0.145. The Labute approximate surface area is 167 Å². The first-order valence-corrected chi connectivity index (χ1v) is 9.76. The van der Waals surface area contributed by atoms with E-state index in [0.717, 1.165) is 30.4 Å². The number of esters is 1. The van der Waals surface area contributed by atoms with E-state index in [1.54, 1.807) is 4.90 Å². The number of aromatic nitrogens is 2. The van der Waals surface area contributed by atoms with Crippen LogP contribution in [0.2, 0.25) is 0 Å². The van der Waals surface area contributed by atoms with Crippen molar-refractivity contribution in [2.45, 2.75) is 44.2 Å². The minimum Gasteiger partial charge on any atom is -0.467 e. The highest BCUT2D eigenvalue weighted by Gasteiger charge is 2.48. The van der Waals surface area contributed by atoms with Crippen molar-refractivity contribution < 1.29 is 18.7 Å². The molecule has 0 bridgehead atoms. The number of nitrogens with zero attached hydrogens (tertiary/aromatic N) is 3. The first kappa shape index (κ1) is 19.3. The van der Waals surface area contributed by atoms with Crippen molar-refractivity contribution in [3.63, 3.8) is 0 Å². The van der Waals surface area contributed by atoms with Crippen molar-refractivity contribution in [1.82, 2.24) is 14.7 Å². The number of hydrogen-bond acceptors (Lipinski definition) is 5. The summed E-state index contributed by atoms with van der Waals surface area (Å²) < 4.78 is 19.2. The van der Waals surface area contributed by atoms with Crippen LogP contribution in [0.4, 0.5) is 4.39 Å². The Morgan fingerprint density at radius 3 is 2.55 bits per heavy atom. The van der Waals surface area contributed by atoms with E-state index in [0.29, 0.717) is 12.1 Å². The molecule has 3 atom stereocenters. The van der Waals surface area contributed by atoms with Crippen LogP contribution in [0.3, 0.4) is 0 Å². The summed E-state index contributed by atoms with van der Waals surface area (Å²) >= 11 is 0. The van der Waals surface area contributed by atoms with Crippen LogP contribution in [-0.2, 0) is 9.53 Å². The smallest absolute Gasteiger partial charge is 0.328 e. The van der Waals surface area contributed by atoms with E-state index in [4.69, 9.17) is 4.74 Å². The summed E-state index contributed by atoms with van der Waals surface area (Å²) in [6.45, 7) is 0. The topological polar surface area (TPSA) is 81.5 Å². The quantitative estimate of drug-likeness (QED) is 0.740. The summed E-state index contributed by atoms with van der Waals surface area (Å²) in [6.07, 6.45) is 4.48. The van der Waals surface area contributed by atoms with Crippen LogP contribution in [0.15, 0.2) is 41.2 Å². The van der Waals surface area contributed by atoms with Crippen LogP contribution in [0.25, 0.3) is 5.69 Å². The molecule has 7 nitrogen and oxygen atoms in total. The summed E-state index contributed by atoms with van der Waals surface area (Å²) in [5, 5.41) is 4.21. The lowest BCUT2D eigenvalue weighted by Crippen LogP contribution is -2.47. The van der Waals surface area contributed by atoms with E-state index in [2.05, 4.69) is 5.10 Å². The van der Waals surface area contributed by atoms with Gasteiger partial charge in [0, 0.05) is 12.1 Å². The zero-order valence-electron chi connectivity index (χ0n) is 16.1. The molecule has 152 valence electrons. The van der Waals surface area contributed by atoms with Crippen LogP contribution in [0.1, 0.15) is 42.6 Å². The van der Waals surface area contributed by atoms with Crippen molar-refractivity contribution in [2.75, 3.05) is 7.11 Å². The van der Waals surface area contributed by atoms with E-state index in [9.17, 15) is 18.8 Å². The van der Waals surface area contributed by atoms with Gasteiger partial charge in [-0.25, -0.2) is 9.18 Å². The molecule has 1 aliphatic heterocycles. The first-order chi connectivity index (χ1) is 14.0. The minimum atomic E-state index is -0.645. The molecule has 3 unspecified atom stereocenters. The fraction of sp³-hybridized carbons (Fsp3) is 0.429. The number of carbonyl (C=O) groups is 2. The molecule has 1 amide bonds. The third-order valence-electron chi connectivity index (χ3n) is 5.89. The van der Waals surface area contributed by atoms with Gasteiger partial charge in [0.15, 0.2) is 0 Å². The lowest BCUT2D eigenvalue weighted by atomic mass is 9.84. The Hall–Kier alpha value is -3.03. The zero-order chi connectivity index (χ0) is 20.5. The Kier molecular flexibility index (Phi) is 5.17. The molecule has 1 saturated carbocycles. The van der Waals surface area contributed by atoms with Gasteiger partial charge in [0.25, 0.3) is 11.5 Å². The highest BCUT2D eigenvalue weighted by atomic mass is 19.1. The average molecular weight is 399 g/mol. The predicted octanol–water partition coefficient (Wildman–Crippen LogP) is 2.32. The molecule has 4 rings (SSSR count). The molecule has 29 heavy (non-hydrogen) atoms. The summed E-state index contributed by atoms with van der Waals surface area (Å²) in [5.41, 5.74) is -0.0174. The molecule has 0 N–H and O–H groups in total. The van der Waals surface area contributed by atoms with E-state index in [1.165, 1.54) is 43.5 Å². The molecule has 1 aromatic carbocycles. The second-order valence-corrected chi connectivity index (χ2v) is 7.54. The molecule has 0 spiro atoms. The van der Waals surface area contributed by atoms with E-state index < -0.39 is 29.3 Å². The number of likely N-dealkylation sites (tertiary alicyclic amines) is 1. The van der Waals surface area contributed by atoms with Gasteiger partial charge in [0.2, 0.25) is 0 Å². The van der Waals surface area contributed by atoms with Gasteiger partial charge in [0.05, 0.1) is 12.8 Å². The van der Waals surface area contributed by atoms with Gasteiger partial charge in [-0.1, -0.05) is 12.8 Å². The number of ether oxygens (including phenoxy) is 1. The second kappa shape index (κ2) is 7.77. The number of carbonyl (C=O) groups excluding carboxylic acids is 2. The fourth-order valence-corrected chi connectivity index (χ4v) is 4.52. The molecular formula is C21H22FN3O4. The average Bonchev–Trinajstić information content (AvgIpc) is 3.13. The summed E-state index contributed by atoms with van der Waals surface area (Å²) in [5.74, 6) is -1.000. The molecule has 2 fully saturated rings. The highest BCUT2D eigenvalue weighted by Crippen LogP contribution is 2.40. The van der Waals surface area contributed by atoms with Crippen molar-refractivity contribution in [1.29, 1.82) is 0 Å². The van der Waals surface area contributed by atoms with E-state index in [1.807, 2.05) is 0 Å². The summed E-state index contributed by atoms with van der Waals surface area (Å²) in [6, 6.07) is 7.23. The van der Waals surface area contributed by atoms with Crippen molar-refractivity contribution >= 4 is 11.9 Å². The SMILES string of the molecule is COC(=O)C1CC2CCCCC2N1C(=O)c1ccc(=O)n(-c2ccc(F)cc2)n1. The van der Waals surface area contributed by atoms with E-state index >= 15 is 0 Å². The molecule has 1 saturated heterocycles. The van der Waals surface area contributed by atoms with Gasteiger partial charge in [-0.3, -0.25) is 9.59 Å². The Balaban J connectivity index is 1.71. The van der Waals surface area contributed by atoms with Gasteiger partial charge in [-0.2, -0.15) is 9.78 Å². The zero-order valence-corrected chi connectivity index (χ0v) is 16.1. The molecule has 2 aliphatic rings. The van der Waals surface area contributed by atoms with E-state index in [-0.39, 0.29) is 17.7 Å². The third-order valence-corrected chi connectivity index (χ3v) is 5.89. The number of methoxy groups -OCH3 is 1. The maximum Gasteiger partial charge on any atom is 0.328 e. The van der Waals surface area contributed by atoms with Gasteiger partial charge in [0.1, 0.15) is 17.6 Å². The number of fused-ring (bicyclic) bond motifs is 1. The van der Waals surface area contributed by atoms with Gasteiger partial charge < -0.3 is 9.64 Å². The van der Waals surface area contributed by atoms with Crippen LogP contribution < -0.4 is 5.56 Å². The van der Waals surface area contributed by atoms with Crippen LogP contribution in [-0.4, -0.2) is 45.8 Å². The van der Waals surface area contributed by atoms with Crippen molar-refractivity contribution in [3.05, 3.63) is 58.3 Å². The number of hydrogen-bond donors (Lipinski definition) is 0. The number of benzene rings is 1. The first-order valence-electron chi connectivity index (χ1n) is 9.76. The highest BCUT2D eigenvalue weighted by molar-refractivity contribution is 5.95. The Morgan fingerprint density at radius 2 is 1.83 bits per heavy atom. The monoisotopic (exact) mass is 399 g/mol. The molecule has 1 aliphatic carbocycles. The maximum atomic E-state index is 13.4. The largest absolute Gasteiger partial charge is 0.467 e. The third kappa shape index (κ3) is 3.54. The predicted molar refractivity (Wildman–Crippen MR) is 102 cm³/mol. The number of rotatable bonds is 3. The van der Waals surface area contributed by atoms with Crippen molar-refractivity contribution in [2.24, 2.45) is 5.92 Å². The molecule has 0 radical (unpaired) electrons. The van der Waals surface area contributed by atoms with Gasteiger partial charge >= 0.3 is 5.97 Å². The molecule has 8 heteroatoms. The Morgan fingerprint density at radius 1 is 1.10 bits per heavy atom.